The van der Waals surface area contributed by atoms with Gasteiger partial charge in [0.25, 0.3) is 0 Å². The van der Waals surface area contributed by atoms with Gasteiger partial charge < -0.3 is 5.11 Å². The van der Waals surface area contributed by atoms with E-state index in [1.165, 1.54) is 12.1 Å². The van der Waals surface area contributed by atoms with E-state index in [1.54, 1.807) is 0 Å². The lowest BCUT2D eigenvalue weighted by Crippen LogP contribution is -2.06. The van der Waals surface area contributed by atoms with Gasteiger partial charge in [0.15, 0.2) is 0 Å². The van der Waals surface area contributed by atoms with Crippen LogP contribution in [0.15, 0.2) is 24.4 Å². The Hall–Kier alpha value is -1.85. The number of aromatic nitrogens is 2. The Morgan fingerprint density at radius 2 is 1.93 bits per heavy atom. The second-order valence-electron chi connectivity index (χ2n) is 2.90. The van der Waals surface area contributed by atoms with Crippen LogP contribution in [-0.4, -0.2) is 15.1 Å². The number of fused-ring (bicyclic) bond motifs is 1. The maximum atomic E-state index is 12.5. The van der Waals surface area contributed by atoms with Gasteiger partial charge in [0.2, 0.25) is 5.88 Å². The summed E-state index contributed by atoms with van der Waals surface area (Å²) in [6.45, 7) is 0. The number of benzene rings is 1. The predicted molar refractivity (Wildman–Crippen MR) is 46.2 cm³/mol. The minimum absolute atomic E-state index is 0.0997. The van der Waals surface area contributed by atoms with Crippen LogP contribution in [0.2, 0.25) is 0 Å². The zero-order valence-corrected chi connectivity index (χ0v) is 7.28. The highest BCUT2D eigenvalue weighted by molar-refractivity contribution is 5.78. The van der Waals surface area contributed by atoms with E-state index in [0.717, 1.165) is 12.3 Å². The van der Waals surface area contributed by atoms with Crippen molar-refractivity contribution in [1.82, 2.24) is 9.97 Å². The van der Waals surface area contributed by atoms with Crippen molar-refractivity contribution in [2.45, 2.75) is 6.18 Å². The van der Waals surface area contributed by atoms with Crippen molar-refractivity contribution in [3.8, 4) is 5.88 Å². The van der Waals surface area contributed by atoms with Crippen LogP contribution in [-0.2, 0) is 6.18 Å². The molecule has 0 spiro atoms. The molecule has 0 atom stereocenters. The number of hydrogen-bond donors (Lipinski definition) is 1. The highest BCUT2D eigenvalue weighted by Gasteiger charge is 2.33. The smallest absolute Gasteiger partial charge is 0.418 e. The van der Waals surface area contributed by atoms with Crippen molar-refractivity contribution in [3.05, 3.63) is 30.0 Å². The van der Waals surface area contributed by atoms with Crippen LogP contribution in [0.1, 0.15) is 5.56 Å². The fraction of sp³-hybridized carbons (Fsp3) is 0.111. The van der Waals surface area contributed by atoms with E-state index in [-0.39, 0.29) is 11.0 Å². The molecular weight excluding hydrogens is 209 g/mol. The molecular formula is C9H5F3N2O. The van der Waals surface area contributed by atoms with E-state index >= 15 is 0 Å². The van der Waals surface area contributed by atoms with Gasteiger partial charge in [-0.3, -0.25) is 0 Å². The second-order valence-corrected chi connectivity index (χ2v) is 2.90. The zero-order valence-electron chi connectivity index (χ0n) is 7.28. The Bertz CT molecular complexity index is 510. The average Bonchev–Trinajstić information content (AvgIpc) is 2.15. The van der Waals surface area contributed by atoms with Crippen molar-refractivity contribution < 1.29 is 18.3 Å². The van der Waals surface area contributed by atoms with Crippen LogP contribution < -0.4 is 0 Å². The summed E-state index contributed by atoms with van der Waals surface area (Å²) in [7, 11) is 0. The molecule has 0 radical (unpaired) electrons. The van der Waals surface area contributed by atoms with E-state index in [1.807, 2.05) is 0 Å². The summed E-state index contributed by atoms with van der Waals surface area (Å²) >= 11 is 0. The van der Waals surface area contributed by atoms with Crippen LogP contribution in [0, 0.1) is 0 Å². The molecule has 0 unspecified atom stereocenters. The fourth-order valence-corrected chi connectivity index (χ4v) is 1.25. The maximum Gasteiger partial charge on any atom is 0.418 e. The Morgan fingerprint density at radius 3 is 2.60 bits per heavy atom. The third kappa shape index (κ3) is 1.70. The first-order chi connectivity index (χ1) is 6.98. The molecule has 0 aliphatic carbocycles. The molecule has 1 aromatic heterocycles. The largest absolute Gasteiger partial charge is 0.492 e. The molecule has 1 heterocycles. The third-order valence-corrected chi connectivity index (χ3v) is 1.87. The van der Waals surface area contributed by atoms with E-state index in [4.69, 9.17) is 5.11 Å². The van der Waals surface area contributed by atoms with Crippen molar-refractivity contribution in [2.75, 3.05) is 0 Å². The van der Waals surface area contributed by atoms with Gasteiger partial charge in [-0.15, -0.1) is 0 Å². The van der Waals surface area contributed by atoms with Crippen LogP contribution in [0.4, 0.5) is 13.2 Å². The topological polar surface area (TPSA) is 46.0 Å². The van der Waals surface area contributed by atoms with E-state index < -0.39 is 17.6 Å². The molecule has 78 valence electrons. The molecule has 3 nitrogen and oxygen atoms in total. The summed E-state index contributed by atoms with van der Waals surface area (Å²) in [4.78, 5) is 7.06. The summed E-state index contributed by atoms with van der Waals surface area (Å²) in [5.74, 6) is -0.529. The van der Waals surface area contributed by atoms with Gasteiger partial charge in [-0.25, -0.2) is 9.97 Å². The molecule has 2 aromatic rings. The first kappa shape index (κ1) is 9.70. The highest BCUT2D eigenvalue weighted by atomic mass is 19.4. The first-order valence-corrected chi connectivity index (χ1v) is 4.00. The van der Waals surface area contributed by atoms with Gasteiger partial charge in [-0.2, -0.15) is 13.2 Å². The number of rotatable bonds is 0. The van der Waals surface area contributed by atoms with Gasteiger partial charge in [0, 0.05) is 0 Å². The molecule has 0 fully saturated rings. The van der Waals surface area contributed by atoms with Crippen molar-refractivity contribution >= 4 is 11.0 Å². The lowest BCUT2D eigenvalue weighted by atomic mass is 10.1. The van der Waals surface area contributed by atoms with Crippen molar-refractivity contribution in [1.29, 1.82) is 0 Å². The molecule has 0 amide bonds. The summed E-state index contributed by atoms with van der Waals surface area (Å²) in [6, 6.07) is 3.55. The minimum atomic E-state index is -4.50. The van der Waals surface area contributed by atoms with Crippen LogP contribution in [0.25, 0.3) is 11.0 Å². The highest BCUT2D eigenvalue weighted by Crippen LogP contribution is 2.33. The number of aromatic hydroxyl groups is 1. The first-order valence-electron chi connectivity index (χ1n) is 4.00. The molecule has 0 aliphatic rings. The molecule has 2 rings (SSSR count). The SMILES string of the molecule is Oc1cnc2cccc(C(F)(F)F)c2n1. The Kier molecular flexibility index (Phi) is 1.99. The van der Waals surface area contributed by atoms with Crippen LogP contribution in [0.3, 0.4) is 0 Å². The Balaban J connectivity index is 2.80. The van der Waals surface area contributed by atoms with Gasteiger partial charge in [0.1, 0.15) is 5.52 Å². The molecule has 15 heavy (non-hydrogen) atoms. The zero-order chi connectivity index (χ0) is 11.1. The van der Waals surface area contributed by atoms with Gasteiger partial charge in [-0.1, -0.05) is 6.07 Å². The Labute approximate surface area is 82.2 Å². The van der Waals surface area contributed by atoms with Crippen LogP contribution >= 0.6 is 0 Å². The van der Waals surface area contributed by atoms with Gasteiger partial charge in [-0.05, 0) is 12.1 Å². The van der Waals surface area contributed by atoms with Gasteiger partial charge >= 0.3 is 6.18 Å². The van der Waals surface area contributed by atoms with Crippen molar-refractivity contribution in [3.63, 3.8) is 0 Å². The second kappa shape index (κ2) is 3.08. The summed E-state index contributed by atoms with van der Waals surface area (Å²) in [5, 5.41) is 8.98. The number of halogens is 3. The number of hydrogen-bond acceptors (Lipinski definition) is 3. The normalized spacial score (nSPS) is 11.9. The summed E-state index contributed by atoms with van der Waals surface area (Å²) < 4.78 is 37.5. The molecule has 6 heteroatoms. The molecule has 0 bridgehead atoms. The third-order valence-electron chi connectivity index (χ3n) is 1.87. The van der Waals surface area contributed by atoms with Crippen LogP contribution in [0.5, 0.6) is 5.88 Å². The monoisotopic (exact) mass is 214 g/mol. The van der Waals surface area contributed by atoms with Gasteiger partial charge in [0.05, 0.1) is 17.3 Å². The summed E-state index contributed by atoms with van der Waals surface area (Å²) in [6.07, 6.45) is -3.50. The standard InChI is InChI=1S/C9H5F3N2O/c10-9(11,12)5-2-1-3-6-8(5)14-7(15)4-13-6/h1-4H,(H,14,15). The minimum Gasteiger partial charge on any atom is -0.492 e. The average molecular weight is 214 g/mol. The van der Waals surface area contributed by atoms with E-state index in [9.17, 15) is 13.2 Å². The maximum absolute atomic E-state index is 12.5. The lowest BCUT2D eigenvalue weighted by Gasteiger charge is -2.08. The summed E-state index contributed by atoms with van der Waals surface area (Å²) in [5.41, 5.74) is -1.14. The predicted octanol–water partition coefficient (Wildman–Crippen LogP) is 2.35. The molecule has 1 aromatic carbocycles. The number of alkyl halides is 3. The molecule has 0 saturated heterocycles. The molecule has 1 N–H and O–H groups in total. The quantitative estimate of drug-likeness (QED) is 0.732. The Morgan fingerprint density at radius 1 is 1.20 bits per heavy atom. The number of nitrogens with zero attached hydrogens (tertiary/aromatic N) is 2. The van der Waals surface area contributed by atoms with E-state index in [0.29, 0.717) is 0 Å². The lowest BCUT2D eigenvalue weighted by molar-refractivity contribution is -0.136. The molecule has 0 saturated carbocycles. The van der Waals surface area contributed by atoms with E-state index in [2.05, 4.69) is 9.97 Å². The fourth-order valence-electron chi connectivity index (χ4n) is 1.25. The number of para-hydroxylation sites is 1. The van der Waals surface area contributed by atoms with Crippen molar-refractivity contribution in [2.24, 2.45) is 0 Å². The molecule has 0 aliphatic heterocycles.